The van der Waals surface area contributed by atoms with Crippen LogP contribution in [0.3, 0.4) is 0 Å². The summed E-state index contributed by atoms with van der Waals surface area (Å²) in [5.74, 6) is -2.25. The summed E-state index contributed by atoms with van der Waals surface area (Å²) in [4.78, 5) is 23.1. The van der Waals surface area contributed by atoms with E-state index in [-0.39, 0.29) is 12.2 Å². The number of rotatable bonds is 3. The van der Waals surface area contributed by atoms with Gasteiger partial charge in [0.25, 0.3) is 5.78 Å². The highest BCUT2D eigenvalue weighted by molar-refractivity contribution is 6.41. The lowest BCUT2D eigenvalue weighted by molar-refractivity contribution is -0.137. The Kier molecular flexibility index (Phi) is 3.08. The summed E-state index contributed by atoms with van der Waals surface area (Å²) in [5.41, 5.74) is 0.224. The van der Waals surface area contributed by atoms with Gasteiger partial charge >= 0.3 is 5.97 Å². The number of esters is 1. The number of benzene rings is 1. The van der Waals surface area contributed by atoms with Crippen molar-refractivity contribution >= 4 is 11.8 Å². The fraction of sp³-hybridized carbons (Fsp3) is 0.333. The Labute approximate surface area is 97.3 Å². The summed E-state index contributed by atoms with van der Waals surface area (Å²) in [6.45, 7) is 2.06. The van der Waals surface area contributed by atoms with Gasteiger partial charge in [0.05, 0.1) is 18.8 Å². The first-order valence-corrected chi connectivity index (χ1v) is 5.30. The molecule has 1 aromatic carbocycles. The van der Waals surface area contributed by atoms with Gasteiger partial charge in [-0.3, -0.25) is 4.79 Å². The number of ether oxygens (including phenoxy) is 2. The van der Waals surface area contributed by atoms with Crippen LogP contribution < -0.4 is 4.74 Å². The number of carbonyl (C=O) groups is 2. The maximum Gasteiger partial charge on any atom is 0.379 e. The smallest absolute Gasteiger partial charge is 0.379 e. The molecule has 0 aliphatic carbocycles. The van der Waals surface area contributed by atoms with Crippen LogP contribution in [0, 0.1) is 5.82 Å². The molecule has 0 saturated heterocycles. The monoisotopic (exact) mass is 238 g/mol. The van der Waals surface area contributed by atoms with Gasteiger partial charge in [0.2, 0.25) is 0 Å². The zero-order chi connectivity index (χ0) is 12.4. The van der Waals surface area contributed by atoms with Crippen LogP contribution in [0.4, 0.5) is 4.39 Å². The molecule has 0 spiro atoms. The minimum atomic E-state index is -1.04. The van der Waals surface area contributed by atoms with Crippen molar-refractivity contribution in [3.63, 3.8) is 0 Å². The summed E-state index contributed by atoms with van der Waals surface area (Å²) in [5, 5.41) is 0. The SMILES string of the molecule is CCOC(=O)C(=O)c1c(F)ccc2c1CCO2. The lowest BCUT2D eigenvalue weighted by Gasteiger charge is -2.06. The number of carbonyl (C=O) groups excluding carboxylic acids is 2. The predicted octanol–water partition coefficient (Wildman–Crippen LogP) is 1.51. The molecule has 17 heavy (non-hydrogen) atoms. The Balaban J connectivity index is 2.41. The largest absolute Gasteiger partial charge is 0.493 e. The van der Waals surface area contributed by atoms with Crippen LogP contribution in [0.15, 0.2) is 12.1 Å². The molecule has 90 valence electrons. The van der Waals surface area contributed by atoms with Crippen LogP contribution in [-0.2, 0) is 16.0 Å². The second-order valence-electron chi connectivity index (χ2n) is 3.55. The summed E-state index contributed by atoms with van der Waals surface area (Å²) < 4.78 is 23.4. The third-order valence-corrected chi connectivity index (χ3v) is 2.52. The highest BCUT2D eigenvalue weighted by atomic mass is 19.1. The van der Waals surface area contributed by atoms with Crippen LogP contribution in [0.5, 0.6) is 5.75 Å². The second kappa shape index (κ2) is 4.53. The zero-order valence-electron chi connectivity index (χ0n) is 9.29. The minimum Gasteiger partial charge on any atom is -0.493 e. The Bertz CT molecular complexity index is 482. The lowest BCUT2D eigenvalue weighted by atomic mass is 10.0. The molecule has 0 aromatic heterocycles. The molecular weight excluding hydrogens is 227 g/mol. The van der Waals surface area contributed by atoms with Crippen molar-refractivity contribution in [2.24, 2.45) is 0 Å². The molecule has 2 rings (SSSR count). The Hall–Kier alpha value is -1.91. The molecule has 1 aliphatic heterocycles. The average Bonchev–Trinajstić information content (AvgIpc) is 2.76. The van der Waals surface area contributed by atoms with E-state index in [9.17, 15) is 14.0 Å². The molecule has 0 amide bonds. The number of ketones is 1. The maximum atomic E-state index is 13.6. The van der Waals surface area contributed by atoms with Gasteiger partial charge in [0, 0.05) is 12.0 Å². The summed E-state index contributed by atoms with van der Waals surface area (Å²) in [6.07, 6.45) is 0.424. The molecule has 0 atom stereocenters. The van der Waals surface area contributed by atoms with Gasteiger partial charge < -0.3 is 9.47 Å². The third kappa shape index (κ3) is 2.00. The molecule has 0 N–H and O–H groups in total. The number of fused-ring (bicyclic) bond motifs is 1. The first-order chi connectivity index (χ1) is 8.15. The van der Waals surface area contributed by atoms with E-state index in [4.69, 9.17) is 4.74 Å². The molecule has 1 aromatic rings. The van der Waals surface area contributed by atoms with Gasteiger partial charge in [-0.2, -0.15) is 0 Å². The van der Waals surface area contributed by atoms with Crippen molar-refractivity contribution < 1.29 is 23.5 Å². The molecule has 0 radical (unpaired) electrons. The van der Waals surface area contributed by atoms with Crippen molar-refractivity contribution in [3.8, 4) is 5.75 Å². The van der Waals surface area contributed by atoms with E-state index < -0.39 is 17.6 Å². The first-order valence-electron chi connectivity index (χ1n) is 5.30. The Morgan fingerprint density at radius 3 is 2.94 bits per heavy atom. The predicted molar refractivity (Wildman–Crippen MR) is 56.6 cm³/mol. The van der Waals surface area contributed by atoms with E-state index in [1.165, 1.54) is 6.07 Å². The molecule has 1 aliphatic rings. The fourth-order valence-electron chi connectivity index (χ4n) is 1.79. The summed E-state index contributed by atoms with van der Waals surface area (Å²) in [6, 6.07) is 2.58. The fourth-order valence-corrected chi connectivity index (χ4v) is 1.79. The Morgan fingerprint density at radius 1 is 1.47 bits per heavy atom. The maximum absolute atomic E-state index is 13.6. The quantitative estimate of drug-likeness (QED) is 0.455. The molecule has 1 heterocycles. The van der Waals surface area contributed by atoms with Crippen molar-refractivity contribution in [3.05, 3.63) is 29.1 Å². The molecular formula is C12H11FO4. The number of hydrogen-bond donors (Lipinski definition) is 0. The molecule has 0 saturated carbocycles. The van der Waals surface area contributed by atoms with Crippen molar-refractivity contribution in [1.82, 2.24) is 0 Å². The molecule has 0 bridgehead atoms. The van der Waals surface area contributed by atoms with Gasteiger partial charge in [-0.1, -0.05) is 0 Å². The van der Waals surface area contributed by atoms with Crippen LogP contribution in [0.1, 0.15) is 22.8 Å². The molecule has 0 fully saturated rings. The third-order valence-electron chi connectivity index (χ3n) is 2.52. The highest BCUT2D eigenvalue weighted by Gasteiger charge is 2.28. The van der Waals surface area contributed by atoms with Gasteiger partial charge in [-0.15, -0.1) is 0 Å². The topological polar surface area (TPSA) is 52.6 Å². The summed E-state index contributed by atoms with van der Waals surface area (Å²) in [7, 11) is 0. The van der Waals surface area contributed by atoms with E-state index in [2.05, 4.69) is 4.74 Å². The van der Waals surface area contributed by atoms with E-state index >= 15 is 0 Å². The van der Waals surface area contributed by atoms with Crippen molar-refractivity contribution in [2.75, 3.05) is 13.2 Å². The van der Waals surface area contributed by atoms with Crippen molar-refractivity contribution in [1.29, 1.82) is 0 Å². The molecule has 0 unspecified atom stereocenters. The highest BCUT2D eigenvalue weighted by Crippen LogP contribution is 2.30. The van der Waals surface area contributed by atoms with E-state index in [1.54, 1.807) is 6.92 Å². The lowest BCUT2D eigenvalue weighted by Crippen LogP contribution is -2.20. The first kappa shape index (κ1) is 11.6. The van der Waals surface area contributed by atoms with Gasteiger partial charge in [-0.05, 0) is 19.1 Å². The van der Waals surface area contributed by atoms with E-state index in [1.807, 2.05) is 0 Å². The van der Waals surface area contributed by atoms with E-state index in [0.29, 0.717) is 24.3 Å². The minimum absolute atomic E-state index is 0.0811. The van der Waals surface area contributed by atoms with Crippen LogP contribution in [0.2, 0.25) is 0 Å². The van der Waals surface area contributed by atoms with Gasteiger partial charge in [-0.25, -0.2) is 9.18 Å². The average molecular weight is 238 g/mol. The van der Waals surface area contributed by atoms with E-state index in [0.717, 1.165) is 6.07 Å². The van der Waals surface area contributed by atoms with Crippen LogP contribution in [0.25, 0.3) is 0 Å². The number of halogens is 1. The molecule has 4 nitrogen and oxygen atoms in total. The zero-order valence-corrected chi connectivity index (χ0v) is 9.29. The van der Waals surface area contributed by atoms with Gasteiger partial charge in [0.1, 0.15) is 11.6 Å². The van der Waals surface area contributed by atoms with Crippen LogP contribution in [-0.4, -0.2) is 25.0 Å². The normalized spacial score (nSPS) is 12.8. The van der Waals surface area contributed by atoms with Gasteiger partial charge in [0.15, 0.2) is 0 Å². The second-order valence-corrected chi connectivity index (χ2v) is 3.55. The number of Topliss-reactive ketones (excluding diaryl/α,β-unsaturated/α-hetero) is 1. The Morgan fingerprint density at radius 2 is 2.24 bits per heavy atom. The summed E-state index contributed by atoms with van der Waals surface area (Å²) >= 11 is 0. The van der Waals surface area contributed by atoms with Crippen LogP contribution >= 0.6 is 0 Å². The molecule has 5 heteroatoms. The number of hydrogen-bond acceptors (Lipinski definition) is 4. The van der Waals surface area contributed by atoms with Crippen molar-refractivity contribution in [2.45, 2.75) is 13.3 Å². The standard InChI is InChI=1S/C12H11FO4/c1-2-16-12(15)11(14)10-7-5-6-17-9(7)4-3-8(10)13/h3-4H,2,5-6H2,1H3.